The number of nitrogens with zero attached hydrogens (tertiary/aromatic N) is 1. The molecule has 0 spiro atoms. The molecule has 20 heavy (non-hydrogen) atoms. The van der Waals surface area contributed by atoms with E-state index in [0.717, 1.165) is 0 Å². The normalized spacial score (nSPS) is 21.6. The number of aliphatic hydroxyl groups is 2. The van der Waals surface area contributed by atoms with Crippen LogP contribution in [0.15, 0.2) is 30.3 Å². The first-order chi connectivity index (χ1) is 9.56. The highest BCUT2D eigenvalue weighted by atomic mass is 16.3. The standard InChI is InChI=1S/C13H17N3O4/c17-10-7-16(8-11(10)18)12(19)6-14-13(20)15-9-4-2-1-3-5-9/h1-5,10-11,17-18H,6-8H2,(H2,14,15,20). The van der Waals surface area contributed by atoms with Crippen molar-refractivity contribution >= 4 is 17.6 Å². The molecule has 1 aromatic carbocycles. The Bertz CT molecular complexity index is 470. The second-order valence-corrected chi connectivity index (χ2v) is 4.61. The van der Waals surface area contributed by atoms with Gasteiger partial charge in [-0.25, -0.2) is 4.79 Å². The fourth-order valence-corrected chi connectivity index (χ4v) is 1.94. The van der Waals surface area contributed by atoms with E-state index in [0.29, 0.717) is 5.69 Å². The zero-order valence-corrected chi connectivity index (χ0v) is 10.8. The summed E-state index contributed by atoms with van der Waals surface area (Å²) in [6.45, 7) is -0.0118. The van der Waals surface area contributed by atoms with E-state index in [2.05, 4.69) is 10.6 Å². The van der Waals surface area contributed by atoms with Gasteiger partial charge in [0.25, 0.3) is 0 Å². The van der Waals surface area contributed by atoms with Crippen molar-refractivity contribution in [3.05, 3.63) is 30.3 Å². The molecule has 0 aliphatic carbocycles. The van der Waals surface area contributed by atoms with Crippen LogP contribution >= 0.6 is 0 Å². The number of anilines is 1. The van der Waals surface area contributed by atoms with Gasteiger partial charge in [0.1, 0.15) is 0 Å². The van der Waals surface area contributed by atoms with Crippen LogP contribution in [0.5, 0.6) is 0 Å². The lowest BCUT2D eigenvalue weighted by molar-refractivity contribution is -0.129. The van der Waals surface area contributed by atoms with Gasteiger partial charge in [-0.2, -0.15) is 0 Å². The summed E-state index contributed by atoms with van der Waals surface area (Å²) in [6.07, 6.45) is -1.84. The predicted molar refractivity (Wildman–Crippen MR) is 72.1 cm³/mol. The summed E-state index contributed by atoms with van der Waals surface area (Å²) in [5.74, 6) is -0.344. The smallest absolute Gasteiger partial charge is 0.319 e. The summed E-state index contributed by atoms with van der Waals surface area (Å²) in [7, 11) is 0. The zero-order valence-electron chi connectivity index (χ0n) is 10.8. The van der Waals surface area contributed by atoms with Crippen LogP contribution < -0.4 is 10.6 Å². The first-order valence-electron chi connectivity index (χ1n) is 6.30. The monoisotopic (exact) mass is 279 g/mol. The number of amides is 3. The van der Waals surface area contributed by atoms with E-state index in [1.165, 1.54) is 4.90 Å². The molecule has 0 aromatic heterocycles. The van der Waals surface area contributed by atoms with E-state index in [-0.39, 0.29) is 25.5 Å². The summed E-state index contributed by atoms with van der Waals surface area (Å²) in [4.78, 5) is 24.6. The van der Waals surface area contributed by atoms with Crippen molar-refractivity contribution in [2.75, 3.05) is 25.0 Å². The maximum Gasteiger partial charge on any atom is 0.319 e. The van der Waals surface area contributed by atoms with Gasteiger partial charge in [-0.1, -0.05) is 18.2 Å². The van der Waals surface area contributed by atoms with Gasteiger partial charge in [-0.15, -0.1) is 0 Å². The quantitative estimate of drug-likeness (QED) is 0.592. The summed E-state index contributed by atoms with van der Waals surface area (Å²) >= 11 is 0. The summed E-state index contributed by atoms with van der Waals surface area (Å²) in [5.41, 5.74) is 0.629. The minimum atomic E-state index is -0.919. The van der Waals surface area contributed by atoms with Crippen molar-refractivity contribution in [2.24, 2.45) is 0 Å². The topological polar surface area (TPSA) is 102 Å². The molecule has 0 radical (unpaired) electrons. The van der Waals surface area contributed by atoms with E-state index in [1.54, 1.807) is 24.3 Å². The molecule has 0 bridgehead atoms. The second kappa shape index (κ2) is 6.36. The molecule has 7 heteroatoms. The fraction of sp³-hybridized carbons (Fsp3) is 0.385. The largest absolute Gasteiger partial charge is 0.388 e. The summed E-state index contributed by atoms with van der Waals surface area (Å²) in [6, 6.07) is 8.38. The molecule has 1 saturated heterocycles. The lowest BCUT2D eigenvalue weighted by Gasteiger charge is -2.15. The van der Waals surface area contributed by atoms with Gasteiger partial charge in [0.05, 0.1) is 18.8 Å². The Labute approximate surface area is 116 Å². The Morgan fingerprint density at radius 2 is 1.75 bits per heavy atom. The Hall–Kier alpha value is -2.12. The number of β-amino-alcohol motifs (C(OH)–C–C–N with tert-alkyl or cyclic N) is 2. The lowest BCUT2D eigenvalue weighted by Crippen LogP contribution is -2.41. The number of para-hydroxylation sites is 1. The SMILES string of the molecule is O=C(NCC(=O)N1CC(O)C(O)C1)Nc1ccccc1. The predicted octanol–water partition coefficient (Wildman–Crippen LogP) is -0.628. The number of benzene rings is 1. The van der Waals surface area contributed by atoms with E-state index >= 15 is 0 Å². The number of rotatable bonds is 3. The Kier molecular flexibility index (Phi) is 4.54. The molecule has 4 N–H and O–H groups in total. The van der Waals surface area contributed by atoms with Gasteiger partial charge in [0.15, 0.2) is 0 Å². The zero-order chi connectivity index (χ0) is 14.5. The van der Waals surface area contributed by atoms with Crippen molar-refractivity contribution in [1.82, 2.24) is 10.2 Å². The number of hydrogen-bond donors (Lipinski definition) is 4. The molecule has 2 unspecified atom stereocenters. The molecule has 2 atom stereocenters. The van der Waals surface area contributed by atoms with Crippen LogP contribution in [0, 0.1) is 0 Å². The van der Waals surface area contributed by atoms with Crippen LogP contribution in [0.4, 0.5) is 10.5 Å². The van der Waals surface area contributed by atoms with Crippen molar-refractivity contribution in [3.63, 3.8) is 0 Å². The maximum absolute atomic E-state index is 11.8. The van der Waals surface area contributed by atoms with Crippen molar-refractivity contribution in [1.29, 1.82) is 0 Å². The van der Waals surface area contributed by atoms with Crippen molar-refractivity contribution < 1.29 is 19.8 Å². The van der Waals surface area contributed by atoms with Gasteiger partial charge < -0.3 is 25.7 Å². The van der Waals surface area contributed by atoms with E-state index < -0.39 is 18.2 Å². The van der Waals surface area contributed by atoms with Crippen LogP contribution in [0.3, 0.4) is 0 Å². The molecule has 1 heterocycles. The number of aliphatic hydroxyl groups excluding tert-OH is 2. The molecular formula is C13H17N3O4. The van der Waals surface area contributed by atoms with Crippen LogP contribution in [0.1, 0.15) is 0 Å². The third-order valence-corrected chi connectivity index (χ3v) is 3.04. The molecular weight excluding hydrogens is 262 g/mol. The third-order valence-electron chi connectivity index (χ3n) is 3.04. The third kappa shape index (κ3) is 3.69. The van der Waals surface area contributed by atoms with Gasteiger partial charge >= 0.3 is 6.03 Å². The highest BCUT2D eigenvalue weighted by Crippen LogP contribution is 2.09. The van der Waals surface area contributed by atoms with Gasteiger partial charge in [0, 0.05) is 18.8 Å². The first-order valence-corrected chi connectivity index (χ1v) is 6.30. The molecule has 2 rings (SSSR count). The molecule has 1 aromatic rings. The van der Waals surface area contributed by atoms with Crippen molar-refractivity contribution in [2.45, 2.75) is 12.2 Å². The van der Waals surface area contributed by atoms with Crippen LogP contribution in [0.25, 0.3) is 0 Å². The molecule has 3 amide bonds. The average molecular weight is 279 g/mol. The maximum atomic E-state index is 11.8. The van der Waals surface area contributed by atoms with Crippen molar-refractivity contribution in [3.8, 4) is 0 Å². The van der Waals surface area contributed by atoms with E-state index in [9.17, 15) is 19.8 Å². The summed E-state index contributed by atoms with van der Waals surface area (Å²) in [5, 5.41) is 23.7. The van der Waals surface area contributed by atoms with Crippen LogP contribution in [-0.4, -0.2) is 58.9 Å². The fourth-order valence-electron chi connectivity index (χ4n) is 1.94. The van der Waals surface area contributed by atoms with E-state index in [1.807, 2.05) is 6.07 Å². The first kappa shape index (κ1) is 14.3. The molecule has 1 aliphatic heterocycles. The molecule has 7 nitrogen and oxygen atoms in total. The number of carbonyl (C=O) groups is 2. The highest BCUT2D eigenvalue weighted by Gasteiger charge is 2.32. The molecule has 1 aliphatic rings. The number of nitrogens with one attached hydrogen (secondary N) is 2. The van der Waals surface area contributed by atoms with E-state index in [4.69, 9.17) is 0 Å². The van der Waals surface area contributed by atoms with Gasteiger partial charge in [-0.3, -0.25) is 4.79 Å². The number of carbonyl (C=O) groups excluding carboxylic acids is 2. The van der Waals surface area contributed by atoms with Crippen LogP contribution in [0.2, 0.25) is 0 Å². The Morgan fingerprint density at radius 1 is 1.15 bits per heavy atom. The number of likely N-dealkylation sites (tertiary alicyclic amines) is 1. The minimum Gasteiger partial charge on any atom is -0.388 e. The minimum absolute atomic E-state index is 0.0853. The molecule has 0 saturated carbocycles. The van der Waals surface area contributed by atoms with Crippen LogP contribution in [-0.2, 0) is 4.79 Å². The van der Waals surface area contributed by atoms with Gasteiger partial charge in [0.2, 0.25) is 5.91 Å². The lowest BCUT2D eigenvalue weighted by atomic mass is 10.3. The Balaban J connectivity index is 1.75. The highest BCUT2D eigenvalue weighted by molar-refractivity contribution is 5.92. The number of urea groups is 1. The summed E-state index contributed by atoms with van der Waals surface area (Å²) < 4.78 is 0. The molecule has 1 fully saturated rings. The average Bonchev–Trinajstić information content (AvgIpc) is 2.77. The Morgan fingerprint density at radius 3 is 2.35 bits per heavy atom. The number of hydrogen-bond acceptors (Lipinski definition) is 4. The molecule has 108 valence electrons. The second-order valence-electron chi connectivity index (χ2n) is 4.61. The van der Waals surface area contributed by atoms with Gasteiger partial charge in [-0.05, 0) is 12.1 Å².